The van der Waals surface area contributed by atoms with Gasteiger partial charge in [0.15, 0.2) is 0 Å². The number of benzene rings is 2. The molecule has 0 fully saturated rings. The molecule has 0 saturated carbocycles. The van der Waals surface area contributed by atoms with Crippen molar-refractivity contribution in [3.63, 3.8) is 0 Å². The fraction of sp³-hybridized carbons (Fsp3) is 0.294. The monoisotopic (exact) mass is 269 g/mol. The number of hydrogen-bond donors (Lipinski definition) is 2. The van der Waals surface area contributed by atoms with Gasteiger partial charge in [-0.1, -0.05) is 18.2 Å². The largest absolute Gasteiger partial charge is 0.508 e. The van der Waals surface area contributed by atoms with Crippen molar-refractivity contribution >= 4 is 0 Å². The normalized spacial score (nSPS) is 21.3. The molecule has 1 atom stereocenters. The lowest BCUT2D eigenvalue weighted by atomic mass is 9.79. The molecule has 0 amide bonds. The van der Waals surface area contributed by atoms with E-state index in [-0.39, 0.29) is 5.54 Å². The zero-order valence-electron chi connectivity index (χ0n) is 11.8. The number of phenolic OH excluding ortho intramolecular Hbond substituents is 1. The van der Waals surface area contributed by atoms with Crippen molar-refractivity contribution in [3.8, 4) is 11.5 Å². The number of aromatic hydroxyl groups is 1. The summed E-state index contributed by atoms with van der Waals surface area (Å²) in [5.41, 5.74) is 3.41. The molecule has 1 aliphatic heterocycles. The van der Waals surface area contributed by atoms with Gasteiger partial charge in [0.1, 0.15) is 11.5 Å². The molecule has 3 rings (SSSR count). The lowest BCUT2D eigenvalue weighted by molar-refractivity contribution is 0.404. The predicted octanol–water partition coefficient (Wildman–Crippen LogP) is 2.81. The zero-order chi connectivity index (χ0) is 14.2. The quantitative estimate of drug-likeness (QED) is 0.881. The van der Waals surface area contributed by atoms with Crippen molar-refractivity contribution in [3.05, 3.63) is 59.2 Å². The number of rotatable bonds is 2. The summed E-state index contributed by atoms with van der Waals surface area (Å²) in [4.78, 5) is 0. The Morgan fingerprint density at radius 1 is 1.15 bits per heavy atom. The maximum absolute atomic E-state index is 9.66. The van der Waals surface area contributed by atoms with Gasteiger partial charge in [0.2, 0.25) is 0 Å². The molecule has 0 unspecified atom stereocenters. The van der Waals surface area contributed by atoms with Gasteiger partial charge in [0.05, 0.1) is 12.6 Å². The fourth-order valence-electron chi connectivity index (χ4n) is 3.00. The molecule has 0 spiro atoms. The van der Waals surface area contributed by atoms with Crippen LogP contribution in [0.3, 0.4) is 0 Å². The van der Waals surface area contributed by atoms with E-state index in [1.165, 1.54) is 16.7 Å². The van der Waals surface area contributed by atoms with E-state index in [2.05, 4.69) is 24.4 Å². The smallest absolute Gasteiger partial charge is 0.118 e. The number of fused-ring (bicyclic) bond motifs is 1. The van der Waals surface area contributed by atoms with Crippen molar-refractivity contribution < 1.29 is 9.84 Å². The third-order valence-electron chi connectivity index (χ3n) is 4.17. The van der Waals surface area contributed by atoms with Crippen molar-refractivity contribution in [2.24, 2.45) is 0 Å². The summed E-state index contributed by atoms with van der Waals surface area (Å²) in [5.74, 6) is 1.20. The maximum atomic E-state index is 9.66. The third kappa shape index (κ3) is 2.04. The van der Waals surface area contributed by atoms with Crippen LogP contribution < -0.4 is 10.1 Å². The van der Waals surface area contributed by atoms with Crippen LogP contribution in [0.15, 0.2) is 42.5 Å². The second kappa shape index (κ2) is 4.84. The van der Waals surface area contributed by atoms with E-state index >= 15 is 0 Å². The topological polar surface area (TPSA) is 41.5 Å². The molecule has 0 radical (unpaired) electrons. The SMILES string of the molecule is COc1ccc([C@]2(C)NCCc3cc(O)ccc32)cc1. The van der Waals surface area contributed by atoms with Gasteiger partial charge in [-0.05, 0) is 54.3 Å². The Labute approximate surface area is 119 Å². The van der Waals surface area contributed by atoms with E-state index in [4.69, 9.17) is 4.74 Å². The number of nitrogens with one attached hydrogen (secondary N) is 1. The van der Waals surface area contributed by atoms with E-state index in [9.17, 15) is 5.11 Å². The summed E-state index contributed by atoms with van der Waals surface area (Å²) in [6.07, 6.45) is 0.940. The van der Waals surface area contributed by atoms with Gasteiger partial charge in [0, 0.05) is 6.54 Å². The molecule has 0 aromatic heterocycles. The first kappa shape index (κ1) is 13.0. The van der Waals surface area contributed by atoms with Crippen molar-refractivity contribution in [1.29, 1.82) is 0 Å². The van der Waals surface area contributed by atoms with E-state index in [0.29, 0.717) is 5.75 Å². The fourth-order valence-corrected chi connectivity index (χ4v) is 3.00. The van der Waals surface area contributed by atoms with Gasteiger partial charge >= 0.3 is 0 Å². The predicted molar refractivity (Wildman–Crippen MR) is 79.3 cm³/mol. The van der Waals surface area contributed by atoms with E-state index in [0.717, 1.165) is 18.7 Å². The Balaban J connectivity index is 2.08. The van der Waals surface area contributed by atoms with Gasteiger partial charge < -0.3 is 15.2 Å². The van der Waals surface area contributed by atoms with Crippen LogP contribution in [0.2, 0.25) is 0 Å². The molecule has 3 heteroatoms. The van der Waals surface area contributed by atoms with E-state index in [1.54, 1.807) is 13.2 Å². The Bertz CT molecular complexity index is 621. The van der Waals surface area contributed by atoms with Crippen molar-refractivity contribution in [2.75, 3.05) is 13.7 Å². The molecular weight excluding hydrogens is 250 g/mol. The molecule has 0 saturated heterocycles. The second-order valence-corrected chi connectivity index (χ2v) is 5.37. The van der Waals surface area contributed by atoms with Gasteiger partial charge in [0.25, 0.3) is 0 Å². The lowest BCUT2D eigenvalue weighted by Crippen LogP contribution is -2.45. The van der Waals surface area contributed by atoms with E-state index in [1.807, 2.05) is 24.3 Å². The average Bonchev–Trinajstić information content (AvgIpc) is 2.47. The molecule has 1 aliphatic rings. The van der Waals surface area contributed by atoms with Gasteiger partial charge in [-0.3, -0.25) is 0 Å². The minimum atomic E-state index is -0.229. The molecule has 1 heterocycles. The molecule has 20 heavy (non-hydrogen) atoms. The van der Waals surface area contributed by atoms with Crippen LogP contribution in [0.5, 0.6) is 11.5 Å². The van der Waals surface area contributed by atoms with Crippen LogP contribution in [0, 0.1) is 0 Å². The summed E-state index contributed by atoms with van der Waals surface area (Å²) in [7, 11) is 1.67. The second-order valence-electron chi connectivity index (χ2n) is 5.37. The summed E-state index contributed by atoms with van der Waals surface area (Å²) in [6, 6.07) is 13.8. The Kier molecular flexibility index (Phi) is 3.14. The number of ether oxygens (including phenoxy) is 1. The lowest BCUT2D eigenvalue weighted by Gasteiger charge is -2.38. The van der Waals surface area contributed by atoms with Gasteiger partial charge in [-0.15, -0.1) is 0 Å². The number of methoxy groups -OCH3 is 1. The van der Waals surface area contributed by atoms with Crippen LogP contribution in [0.4, 0.5) is 0 Å². The van der Waals surface area contributed by atoms with Crippen molar-refractivity contribution in [2.45, 2.75) is 18.9 Å². The first-order valence-corrected chi connectivity index (χ1v) is 6.85. The zero-order valence-corrected chi connectivity index (χ0v) is 11.8. The Morgan fingerprint density at radius 3 is 2.60 bits per heavy atom. The average molecular weight is 269 g/mol. The van der Waals surface area contributed by atoms with Crippen LogP contribution in [-0.4, -0.2) is 18.8 Å². The highest BCUT2D eigenvalue weighted by atomic mass is 16.5. The minimum Gasteiger partial charge on any atom is -0.508 e. The van der Waals surface area contributed by atoms with Crippen LogP contribution in [-0.2, 0) is 12.0 Å². The summed E-state index contributed by atoms with van der Waals surface area (Å²) in [6.45, 7) is 3.09. The van der Waals surface area contributed by atoms with E-state index < -0.39 is 0 Å². The third-order valence-corrected chi connectivity index (χ3v) is 4.17. The summed E-state index contributed by atoms with van der Waals surface area (Å²) >= 11 is 0. The molecule has 2 aromatic carbocycles. The first-order chi connectivity index (χ1) is 9.63. The standard InChI is InChI=1S/C17H19NO2/c1-17(13-3-6-15(20-2)7-4-13)16-8-5-14(19)11-12(16)9-10-18-17/h3-8,11,18-19H,9-10H2,1-2H3/t17-/m0/s1. The highest BCUT2D eigenvalue weighted by molar-refractivity contribution is 5.47. The number of hydrogen-bond acceptors (Lipinski definition) is 3. The van der Waals surface area contributed by atoms with Crippen LogP contribution in [0.25, 0.3) is 0 Å². The van der Waals surface area contributed by atoms with Crippen molar-refractivity contribution in [1.82, 2.24) is 5.32 Å². The first-order valence-electron chi connectivity index (χ1n) is 6.85. The minimum absolute atomic E-state index is 0.229. The summed E-state index contributed by atoms with van der Waals surface area (Å²) < 4.78 is 5.22. The molecule has 3 nitrogen and oxygen atoms in total. The highest BCUT2D eigenvalue weighted by Crippen LogP contribution is 2.36. The molecule has 0 aliphatic carbocycles. The molecule has 2 aromatic rings. The van der Waals surface area contributed by atoms with Gasteiger partial charge in [-0.25, -0.2) is 0 Å². The molecule has 0 bridgehead atoms. The van der Waals surface area contributed by atoms with Gasteiger partial charge in [-0.2, -0.15) is 0 Å². The number of phenols is 1. The molecule has 2 N–H and O–H groups in total. The summed E-state index contributed by atoms with van der Waals surface area (Å²) in [5, 5.41) is 13.3. The van der Waals surface area contributed by atoms with Crippen LogP contribution >= 0.6 is 0 Å². The maximum Gasteiger partial charge on any atom is 0.118 e. The molecular formula is C17H19NO2. The van der Waals surface area contributed by atoms with Crippen LogP contribution in [0.1, 0.15) is 23.6 Å². The Hall–Kier alpha value is -2.00. The highest BCUT2D eigenvalue weighted by Gasteiger charge is 2.33. The molecule has 104 valence electrons. The Morgan fingerprint density at radius 2 is 1.90 bits per heavy atom.